The molecule has 0 radical (unpaired) electrons. The molecule has 6 nitrogen and oxygen atoms in total. The van der Waals surface area contributed by atoms with Crippen molar-refractivity contribution in [3.05, 3.63) is 75.1 Å². The van der Waals surface area contributed by atoms with E-state index in [4.69, 9.17) is 5.10 Å². The Kier molecular flexibility index (Phi) is 6.20. The lowest BCUT2D eigenvalue weighted by Crippen LogP contribution is -2.28. The monoisotopic (exact) mass is 479 g/mol. The molecule has 0 N–H and O–H groups in total. The summed E-state index contributed by atoms with van der Waals surface area (Å²) >= 11 is 4.74. The molecule has 0 bridgehead atoms. The van der Waals surface area contributed by atoms with Crippen LogP contribution in [0.15, 0.2) is 75.6 Å². The number of aromatic nitrogens is 3. The fourth-order valence-electron chi connectivity index (χ4n) is 3.71. The van der Waals surface area contributed by atoms with E-state index < -0.39 is 0 Å². The van der Waals surface area contributed by atoms with E-state index in [2.05, 4.69) is 29.3 Å². The van der Waals surface area contributed by atoms with Crippen molar-refractivity contribution < 1.29 is 4.79 Å². The van der Waals surface area contributed by atoms with Crippen LogP contribution in [-0.4, -0.2) is 37.1 Å². The van der Waals surface area contributed by atoms with Crippen molar-refractivity contribution in [1.29, 1.82) is 0 Å². The number of hydrazone groups is 1. The average Bonchev–Trinajstić information content (AvgIpc) is 3.63. The molecular formula is C23H21N5OS3. The number of nitrogens with zero attached hydrogens (tertiary/aromatic N) is 5. The molecule has 1 aliphatic rings. The predicted molar refractivity (Wildman–Crippen MR) is 131 cm³/mol. The van der Waals surface area contributed by atoms with Crippen LogP contribution in [0.3, 0.4) is 0 Å². The maximum Gasteiger partial charge on any atom is 0.253 e. The molecule has 0 spiro atoms. The van der Waals surface area contributed by atoms with Gasteiger partial charge in [0.15, 0.2) is 11.0 Å². The van der Waals surface area contributed by atoms with Gasteiger partial charge in [-0.05, 0) is 29.8 Å². The molecule has 9 heteroatoms. The van der Waals surface area contributed by atoms with Gasteiger partial charge >= 0.3 is 0 Å². The van der Waals surface area contributed by atoms with E-state index in [1.54, 1.807) is 27.7 Å². The number of hydrogen-bond acceptors (Lipinski definition) is 7. The summed E-state index contributed by atoms with van der Waals surface area (Å²) < 4.78 is 2.05. The third-order valence-corrected chi connectivity index (χ3v) is 8.08. The Morgan fingerprint density at radius 2 is 1.88 bits per heavy atom. The molecule has 0 saturated heterocycles. The maximum atomic E-state index is 13.3. The second-order valence-corrected chi connectivity index (χ2v) is 10.1. The first-order chi connectivity index (χ1) is 15.7. The van der Waals surface area contributed by atoms with Gasteiger partial charge in [0, 0.05) is 23.4 Å². The second kappa shape index (κ2) is 9.40. The second-order valence-electron chi connectivity index (χ2n) is 7.20. The van der Waals surface area contributed by atoms with E-state index in [1.807, 2.05) is 57.8 Å². The molecule has 162 valence electrons. The first kappa shape index (κ1) is 21.1. The highest BCUT2D eigenvalue weighted by Crippen LogP contribution is 2.36. The number of carbonyl (C=O) groups excluding carboxylic acids is 1. The van der Waals surface area contributed by atoms with Gasteiger partial charge in [0.1, 0.15) is 0 Å². The zero-order valence-electron chi connectivity index (χ0n) is 17.4. The molecule has 0 fully saturated rings. The molecule has 3 aromatic heterocycles. The molecule has 4 heterocycles. The van der Waals surface area contributed by atoms with Crippen LogP contribution in [0.2, 0.25) is 0 Å². The first-order valence-electron chi connectivity index (χ1n) is 10.3. The SMILES string of the molecule is CCn1c(SCC(=O)N2N=C(c3cccs3)C[C@H]2c2cccs2)nnc1-c1ccccc1. The minimum absolute atomic E-state index is 0.0214. The first-order valence-corrected chi connectivity index (χ1v) is 13.1. The number of amides is 1. The van der Waals surface area contributed by atoms with Crippen LogP contribution in [0.1, 0.15) is 29.1 Å². The van der Waals surface area contributed by atoms with Crippen LogP contribution < -0.4 is 0 Å². The van der Waals surface area contributed by atoms with Crippen LogP contribution in [0.5, 0.6) is 0 Å². The van der Waals surface area contributed by atoms with Crippen molar-refractivity contribution in [2.75, 3.05) is 5.75 Å². The molecule has 0 saturated carbocycles. The van der Waals surface area contributed by atoms with Crippen LogP contribution in [0.25, 0.3) is 11.4 Å². The average molecular weight is 480 g/mol. The zero-order chi connectivity index (χ0) is 21.9. The summed E-state index contributed by atoms with van der Waals surface area (Å²) in [5.74, 6) is 1.06. The van der Waals surface area contributed by atoms with Crippen LogP contribution in [-0.2, 0) is 11.3 Å². The van der Waals surface area contributed by atoms with E-state index in [0.717, 1.165) is 45.0 Å². The van der Waals surface area contributed by atoms with Gasteiger partial charge < -0.3 is 4.57 Å². The number of benzene rings is 1. The molecule has 1 atom stereocenters. The lowest BCUT2D eigenvalue weighted by atomic mass is 10.1. The smallest absolute Gasteiger partial charge is 0.253 e. The highest BCUT2D eigenvalue weighted by molar-refractivity contribution is 7.99. The van der Waals surface area contributed by atoms with Gasteiger partial charge in [0.25, 0.3) is 5.91 Å². The highest BCUT2D eigenvalue weighted by atomic mass is 32.2. The summed E-state index contributed by atoms with van der Waals surface area (Å²) in [6, 6.07) is 18.1. The van der Waals surface area contributed by atoms with Gasteiger partial charge in [0.05, 0.1) is 22.4 Å². The Balaban J connectivity index is 1.35. The number of thioether (sulfide) groups is 1. The summed E-state index contributed by atoms with van der Waals surface area (Å²) in [5, 5.41) is 20.0. The molecule has 32 heavy (non-hydrogen) atoms. The maximum absolute atomic E-state index is 13.3. The molecule has 1 aromatic carbocycles. The van der Waals surface area contributed by atoms with Crippen molar-refractivity contribution >= 4 is 46.1 Å². The van der Waals surface area contributed by atoms with Crippen LogP contribution in [0.4, 0.5) is 0 Å². The largest absolute Gasteiger partial charge is 0.302 e. The quantitative estimate of drug-likeness (QED) is 0.326. The van der Waals surface area contributed by atoms with Gasteiger partial charge in [0.2, 0.25) is 0 Å². The number of thiophene rings is 2. The Bertz CT molecular complexity index is 1220. The van der Waals surface area contributed by atoms with Crippen molar-refractivity contribution in [3.63, 3.8) is 0 Å². The van der Waals surface area contributed by atoms with Crippen molar-refractivity contribution in [1.82, 2.24) is 19.8 Å². The van der Waals surface area contributed by atoms with Crippen molar-refractivity contribution in [2.45, 2.75) is 31.1 Å². The van der Waals surface area contributed by atoms with Gasteiger partial charge in [-0.2, -0.15) is 5.10 Å². The normalized spacial score (nSPS) is 15.8. The fourth-order valence-corrected chi connectivity index (χ4v) is 6.10. The summed E-state index contributed by atoms with van der Waals surface area (Å²) in [6.07, 6.45) is 0.737. The summed E-state index contributed by atoms with van der Waals surface area (Å²) in [4.78, 5) is 15.5. The van der Waals surface area contributed by atoms with Gasteiger partial charge in [-0.25, -0.2) is 5.01 Å². The molecule has 1 aliphatic heterocycles. The Labute approximate surface area is 198 Å². The van der Waals surface area contributed by atoms with E-state index in [1.165, 1.54) is 11.8 Å². The van der Waals surface area contributed by atoms with Crippen molar-refractivity contribution in [2.24, 2.45) is 5.10 Å². The zero-order valence-corrected chi connectivity index (χ0v) is 19.9. The standard InChI is InChI=1S/C23H21N5OS3/c1-2-27-22(16-8-4-3-5-9-16)24-25-23(27)32-15-21(29)28-18(20-11-7-13-31-20)14-17(26-28)19-10-6-12-30-19/h3-13,18H,2,14-15H2,1H3/t18-/m0/s1. The molecule has 5 rings (SSSR count). The topological polar surface area (TPSA) is 63.4 Å². The van der Waals surface area contributed by atoms with Crippen molar-refractivity contribution in [3.8, 4) is 11.4 Å². The highest BCUT2D eigenvalue weighted by Gasteiger charge is 2.34. The Hall–Kier alpha value is -2.75. The van der Waals surface area contributed by atoms with E-state index in [-0.39, 0.29) is 17.7 Å². The van der Waals surface area contributed by atoms with Gasteiger partial charge in [-0.15, -0.1) is 32.9 Å². The molecule has 0 unspecified atom stereocenters. The van der Waals surface area contributed by atoms with Crippen LogP contribution >= 0.6 is 34.4 Å². The number of hydrogen-bond donors (Lipinski definition) is 0. The summed E-state index contributed by atoms with van der Waals surface area (Å²) in [5.41, 5.74) is 1.99. The minimum atomic E-state index is -0.0517. The van der Waals surface area contributed by atoms with E-state index >= 15 is 0 Å². The van der Waals surface area contributed by atoms with Gasteiger partial charge in [-0.3, -0.25) is 4.79 Å². The predicted octanol–water partition coefficient (Wildman–Crippen LogP) is 5.56. The van der Waals surface area contributed by atoms with Gasteiger partial charge in [-0.1, -0.05) is 54.2 Å². The Morgan fingerprint density at radius 1 is 1.06 bits per heavy atom. The van der Waals surface area contributed by atoms with E-state index in [0.29, 0.717) is 0 Å². The lowest BCUT2D eigenvalue weighted by Gasteiger charge is -2.20. The third-order valence-electron chi connectivity index (χ3n) is 5.23. The van der Waals surface area contributed by atoms with Crippen LogP contribution in [0, 0.1) is 0 Å². The Morgan fingerprint density at radius 3 is 2.59 bits per heavy atom. The fraction of sp³-hybridized carbons (Fsp3) is 0.217. The van der Waals surface area contributed by atoms with E-state index in [9.17, 15) is 4.79 Å². The number of rotatable bonds is 7. The lowest BCUT2D eigenvalue weighted by molar-refractivity contribution is -0.130. The summed E-state index contributed by atoms with van der Waals surface area (Å²) in [6.45, 7) is 2.79. The third kappa shape index (κ3) is 4.15. The molecule has 0 aliphatic carbocycles. The summed E-state index contributed by atoms with van der Waals surface area (Å²) in [7, 11) is 0. The number of carbonyl (C=O) groups is 1. The minimum Gasteiger partial charge on any atom is -0.302 e. The molecule has 4 aromatic rings. The molecule has 1 amide bonds. The molecular weight excluding hydrogens is 458 g/mol.